The SMILES string of the molecule is O=C(CN1C(=O)c2ccccc2C1=O)NCCNc1cccc2ccccc12. The van der Waals surface area contributed by atoms with Gasteiger partial charge < -0.3 is 10.6 Å². The van der Waals surface area contributed by atoms with Crippen LogP contribution in [0.5, 0.6) is 0 Å². The van der Waals surface area contributed by atoms with E-state index in [1.165, 1.54) is 0 Å². The summed E-state index contributed by atoms with van der Waals surface area (Å²) in [5.41, 5.74) is 1.68. The number of rotatable bonds is 6. The second-order valence-electron chi connectivity index (χ2n) is 6.55. The quantitative estimate of drug-likeness (QED) is 0.514. The van der Waals surface area contributed by atoms with Gasteiger partial charge in [-0.1, -0.05) is 48.5 Å². The van der Waals surface area contributed by atoms with Crippen molar-refractivity contribution < 1.29 is 14.4 Å². The van der Waals surface area contributed by atoms with Gasteiger partial charge in [-0.3, -0.25) is 19.3 Å². The van der Waals surface area contributed by atoms with Crippen LogP contribution in [-0.4, -0.2) is 42.3 Å². The van der Waals surface area contributed by atoms with Crippen molar-refractivity contribution in [2.24, 2.45) is 0 Å². The third-order valence-corrected chi connectivity index (χ3v) is 4.73. The van der Waals surface area contributed by atoms with Gasteiger partial charge in [-0.2, -0.15) is 0 Å². The Balaban J connectivity index is 1.30. The number of imide groups is 1. The summed E-state index contributed by atoms with van der Waals surface area (Å²) in [6.45, 7) is 0.633. The van der Waals surface area contributed by atoms with E-state index in [-0.39, 0.29) is 12.5 Å². The van der Waals surface area contributed by atoms with Crippen molar-refractivity contribution in [3.63, 3.8) is 0 Å². The molecule has 3 aromatic carbocycles. The van der Waals surface area contributed by atoms with E-state index in [1.807, 2.05) is 42.5 Å². The summed E-state index contributed by atoms with van der Waals surface area (Å²) in [5.74, 6) is -1.22. The molecule has 3 aromatic rings. The lowest BCUT2D eigenvalue weighted by molar-refractivity contribution is -0.121. The first-order valence-corrected chi connectivity index (χ1v) is 9.09. The number of carbonyl (C=O) groups is 3. The molecule has 0 spiro atoms. The summed E-state index contributed by atoms with van der Waals surface area (Å²) >= 11 is 0. The van der Waals surface area contributed by atoms with Crippen molar-refractivity contribution in [1.82, 2.24) is 10.2 Å². The molecule has 140 valence electrons. The normalized spacial score (nSPS) is 12.9. The number of nitrogens with one attached hydrogen (secondary N) is 2. The molecule has 2 N–H and O–H groups in total. The first-order chi connectivity index (χ1) is 13.6. The Bertz CT molecular complexity index is 1040. The highest BCUT2D eigenvalue weighted by molar-refractivity contribution is 6.22. The van der Waals surface area contributed by atoms with Crippen LogP contribution in [0.25, 0.3) is 10.8 Å². The number of fused-ring (bicyclic) bond motifs is 2. The molecule has 0 radical (unpaired) electrons. The predicted molar refractivity (Wildman–Crippen MR) is 107 cm³/mol. The van der Waals surface area contributed by atoms with Crippen LogP contribution in [0.1, 0.15) is 20.7 Å². The van der Waals surface area contributed by atoms with Crippen LogP contribution in [0.2, 0.25) is 0 Å². The van der Waals surface area contributed by atoms with E-state index >= 15 is 0 Å². The number of amides is 3. The molecule has 0 aliphatic carbocycles. The Labute approximate surface area is 162 Å². The average Bonchev–Trinajstić information content (AvgIpc) is 2.96. The molecule has 1 aliphatic rings. The van der Waals surface area contributed by atoms with Crippen LogP contribution < -0.4 is 10.6 Å². The Morgan fingerprint density at radius 3 is 2.18 bits per heavy atom. The second kappa shape index (κ2) is 7.52. The molecule has 0 bridgehead atoms. The zero-order valence-corrected chi connectivity index (χ0v) is 15.1. The van der Waals surface area contributed by atoms with Crippen molar-refractivity contribution in [1.29, 1.82) is 0 Å². The molecule has 6 nitrogen and oxygen atoms in total. The van der Waals surface area contributed by atoms with E-state index in [2.05, 4.69) is 10.6 Å². The summed E-state index contributed by atoms with van der Waals surface area (Å²) < 4.78 is 0. The molecule has 0 saturated carbocycles. The maximum Gasteiger partial charge on any atom is 0.262 e. The molecule has 0 atom stereocenters. The van der Waals surface area contributed by atoms with E-state index in [4.69, 9.17) is 0 Å². The molecule has 4 rings (SSSR count). The fourth-order valence-electron chi connectivity index (χ4n) is 3.36. The molecule has 0 aromatic heterocycles. The predicted octanol–water partition coefficient (Wildman–Crippen LogP) is 2.66. The summed E-state index contributed by atoms with van der Waals surface area (Å²) in [4.78, 5) is 37.8. The van der Waals surface area contributed by atoms with Gasteiger partial charge in [0.1, 0.15) is 6.54 Å². The average molecular weight is 373 g/mol. The van der Waals surface area contributed by atoms with Gasteiger partial charge in [-0.05, 0) is 23.6 Å². The molecular formula is C22H19N3O3. The highest BCUT2D eigenvalue weighted by Crippen LogP contribution is 2.23. The van der Waals surface area contributed by atoms with Gasteiger partial charge in [0, 0.05) is 24.2 Å². The summed E-state index contributed by atoms with van der Waals surface area (Å²) in [6.07, 6.45) is 0. The van der Waals surface area contributed by atoms with Crippen LogP contribution >= 0.6 is 0 Å². The van der Waals surface area contributed by atoms with Crippen molar-refractivity contribution >= 4 is 34.2 Å². The lowest BCUT2D eigenvalue weighted by Crippen LogP contribution is -2.41. The zero-order chi connectivity index (χ0) is 19.5. The van der Waals surface area contributed by atoms with E-state index in [9.17, 15) is 14.4 Å². The zero-order valence-electron chi connectivity index (χ0n) is 15.1. The fourth-order valence-corrected chi connectivity index (χ4v) is 3.36. The van der Waals surface area contributed by atoms with Crippen LogP contribution in [0, 0.1) is 0 Å². The minimum atomic E-state index is -0.426. The topological polar surface area (TPSA) is 78.5 Å². The monoisotopic (exact) mass is 373 g/mol. The standard InChI is InChI=1S/C22H19N3O3/c26-20(14-25-21(27)17-9-3-4-10-18(17)22(25)28)24-13-12-23-19-11-5-7-15-6-1-2-8-16(15)19/h1-11,23H,12-14H2,(H,24,26). The molecule has 1 heterocycles. The highest BCUT2D eigenvalue weighted by Gasteiger charge is 2.36. The van der Waals surface area contributed by atoms with Crippen LogP contribution in [0.3, 0.4) is 0 Å². The van der Waals surface area contributed by atoms with Crippen molar-refractivity contribution in [3.8, 4) is 0 Å². The van der Waals surface area contributed by atoms with Crippen molar-refractivity contribution in [2.45, 2.75) is 0 Å². The summed E-state index contributed by atoms with van der Waals surface area (Å²) in [6, 6.07) is 20.7. The van der Waals surface area contributed by atoms with Gasteiger partial charge in [-0.15, -0.1) is 0 Å². The van der Waals surface area contributed by atoms with Gasteiger partial charge in [0.2, 0.25) is 5.91 Å². The Morgan fingerprint density at radius 1 is 0.786 bits per heavy atom. The molecule has 3 amide bonds. The second-order valence-corrected chi connectivity index (χ2v) is 6.55. The lowest BCUT2D eigenvalue weighted by Gasteiger charge is -2.14. The molecule has 0 saturated heterocycles. The van der Waals surface area contributed by atoms with Crippen molar-refractivity contribution in [3.05, 3.63) is 77.9 Å². The number of anilines is 1. The van der Waals surface area contributed by atoms with E-state index in [0.29, 0.717) is 24.2 Å². The first-order valence-electron chi connectivity index (χ1n) is 9.09. The van der Waals surface area contributed by atoms with Crippen LogP contribution in [0.15, 0.2) is 66.7 Å². The van der Waals surface area contributed by atoms with Crippen LogP contribution in [-0.2, 0) is 4.79 Å². The fraction of sp³-hybridized carbons (Fsp3) is 0.136. The highest BCUT2D eigenvalue weighted by atomic mass is 16.2. The smallest absolute Gasteiger partial charge is 0.262 e. The maximum absolute atomic E-state index is 12.3. The number of carbonyl (C=O) groups excluding carboxylic acids is 3. The number of benzene rings is 3. The molecule has 0 unspecified atom stereocenters. The number of nitrogens with zero attached hydrogens (tertiary/aromatic N) is 1. The largest absolute Gasteiger partial charge is 0.383 e. The Hall–Kier alpha value is -3.67. The lowest BCUT2D eigenvalue weighted by atomic mass is 10.1. The molecule has 6 heteroatoms. The molecular weight excluding hydrogens is 354 g/mol. The number of hydrogen-bond acceptors (Lipinski definition) is 4. The van der Waals surface area contributed by atoms with E-state index in [1.54, 1.807) is 24.3 Å². The molecule has 1 aliphatic heterocycles. The van der Waals surface area contributed by atoms with Gasteiger partial charge in [0.15, 0.2) is 0 Å². The summed E-state index contributed by atoms with van der Waals surface area (Å²) in [7, 11) is 0. The first kappa shape index (κ1) is 17.7. The van der Waals surface area contributed by atoms with Crippen LogP contribution in [0.4, 0.5) is 5.69 Å². The third-order valence-electron chi connectivity index (χ3n) is 4.73. The third kappa shape index (κ3) is 3.32. The maximum atomic E-state index is 12.3. The van der Waals surface area contributed by atoms with E-state index in [0.717, 1.165) is 21.4 Å². The minimum Gasteiger partial charge on any atom is -0.383 e. The van der Waals surface area contributed by atoms with E-state index < -0.39 is 11.8 Å². The molecule has 28 heavy (non-hydrogen) atoms. The van der Waals surface area contributed by atoms with Crippen molar-refractivity contribution in [2.75, 3.05) is 25.0 Å². The Kier molecular flexibility index (Phi) is 4.76. The number of hydrogen-bond donors (Lipinski definition) is 2. The van der Waals surface area contributed by atoms with Gasteiger partial charge >= 0.3 is 0 Å². The summed E-state index contributed by atoms with van der Waals surface area (Å²) in [5, 5.41) is 8.31. The Morgan fingerprint density at radius 2 is 1.43 bits per heavy atom. The van der Waals surface area contributed by atoms with Gasteiger partial charge in [0.25, 0.3) is 11.8 Å². The van der Waals surface area contributed by atoms with Gasteiger partial charge in [-0.25, -0.2) is 0 Å². The molecule has 0 fully saturated rings. The van der Waals surface area contributed by atoms with Gasteiger partial charge in [0.05, 0.1) is 11.1 Å². The minimum absolute atomic E-state index is 0.277.